The average Bonchev–Trinajstić information content (AvgIpc) is 2.92. The molecular weight excluding hydrogens is 202 g/mol. The second-order valence-corrected chi connectivity index (χ2v) is 5.19. The lowest BCUT2D eigenvalue weighted by atomic mass is 9.78. The largest absolute Gasteiger partial charge is 0.451 e. The Bertz CT molecular complexity index is 330. The molecule has 0 bridgehead atoms. The van der Waals surface area contributed by atoms with Gasteiger partial charge in [-0.15, -0.1) is 0 Å². The van der Waals surface area contributed by atoms with Gasteiger partial charge in [0.25, 0.3) is 0 Å². The van der Waals surface area contributed by atoms with E-state index in [4.69, 9.17) is 4.42 Å². The average molecular weight is 221 g/mol. The highest BCUT2D eigenvalue weighted by molar-refractivity contribution is 4.97. The molecule has 3 heterocycles. The normalized spacial score (nSPS) is 25.2. The fourth-order valence-corrected chi connectivity index (χ4v) is 3.07. The molecule has 1 aromatic heterocycles. The standard InChI is InChI=1S/C12H19N3O/c1-4-13-5-2-12(1)3-6-15(9-12)7-11-8-16-10-14-11/h8,10,13H,1-7,9H2. The monoisotopic (exact) mass is 221 g/mol. The fourth-order valence-electron chi connectivity index (χ4n) is 3.07. The van der Waals surface area contributed by atoms with Crippen molar-refractivity contribution in [1.82, 2.24) is 15.2 Å². The predicted molar refractivity (Wildman–Crippen MR) is 60.9 cm³/mol. The summed E-state index contributed by atoms with van der Waals surface area (Å²) < 4.78 is 5.01. The third-order valence-electron chi connectivity index (χ3n) is 4.05. The predicted octanol–water partition coefficient (Wildman–Crippen LogP) is 1.25. The van der Waals surface area contributed by atoms with Gasteiger partial charge in [0.05, 0.1) is 5.69 Å². The van der Waals surface area contributed by atoms with E-state index in [0.29, 0.717) is 5.41 Å². The summed E-state index contributed by atoms with van der Waals surface area (Å²) in [5.74, 6) is 0. The second-order valence-electron chi connectivity index (χ2n) is 5.19. The van der Waals surface area contributed by atoms with Gasteiger partial charge in [0.1, 0.15) is 6.26 Å². The van der Waals surface area contributed by atoms with Gasteiger partial charge in [-0.2, -0.15) is 0 Å². The van der Waals surface area contributed by atoms with Crippen LogP contribution in [0.2, 0.25) is 0 Å². The number of hydrogen-bond acceptors (Lipinski definition) is 4. The van der Waals surface area contributed by atoms with Crippen LogP contribution in [0.5, 0.6) is 0 Å². The summed E-state index contributed by atoms with van der Waals surface area (Å²) in [5, 5.41) is 3.45. The Morgan fingerprint density at radius 3 is 3.00 bits per heavy atom. The smallest absolute Gasteiger partial charge is 0.180 e. The lowest BCUT2D eigenvalue weighted by Gasteiger charge is -2.33. The Morgan fingerprint density at radius 1 is 1.38 bits per heavy atom. The van der Waals surface area contributed by atoms with E-state index in [9.17, 15) is 0 Å². The molecule has 3 rings (SSSR count). The highest BCUT2D eigenvalue weighted by Gasteiger charge is 2.38. The van der Waals surface area contributed by atoms with E-state index in [1.807, 2.05) is 0 Å². The van der Waals surface area contributed by atoms with Gasteiger partial charge in [0, 0.05) is 13.1 Å². The van der Waals surface area contributed by atoms with Crippen LogP contribution in [0, 0.1) is 5.41 Å². The lowest BCUT2D eigenvalue weighted by Crippen LogP contribution is -2.38. The summed E-state index contributed by atoms with van der Waals surface area (Å²) in [6.45, 7) is 5.79. The van der Waals surface area contributed by atoms with Gasteiger partial charge in [0.15, 0.2) is 6.39 Å². The first kappa shape index (κ1) is 10.3. The van der Waals surface area contributed by atoms with Gasteiger partial charge in [-0.3, -0.25) is 4.90 Å². The Labute approximate surface area is 96.0 Å². The maximum atomic E-state index is 5.01. The summed E-state index contributed by atoms with van der Waals surface area (Å²) in [7, 11) is 0. The van der Waals surface area contributed by atoms with E-state index in [0.717, 1.165) is 12.2 Å². The summed E-state index contributed by atoms with van der Waals surface area (Å²) in [5.41, 5.74) is 1.65. The van der Waals surface area contributed by atoms with Crippen molar-refractivity contribution in [3.63, 3.8) is 0 Å². The van der Waals surface area contributed by atoms with Gasteiger partial charge in [-0.1, -0.05) is 0 Å². The summed E-state index contributed by atoms with van der Waals surface area (Å²) in [6.07, 6.45) is 7.30. The molecular formula is C12H19N3O. The van der Waals surface area contributed by atoms with Crippen molar-refractivity contribution in [2.45, 2.75) is 25.8 Å². The van der Waals surface area contributed by atoms with Crippen molar-refractivity contribution >= 4 is 0 Å². The molecule has 4 heteroatoms. The van der Waals surface area contributed by atoms with Crippen molar-refractivity contribution in [2.75, 3.05) is 26.2 Å². The second kappa shape index (κ2) is 4.18. The third kappa shape index (κ3) is 1.99. The van der Waals surface area contributed by atoms with E-state index in [2.05, 4.69) is 15.2 Å². The molecule has 2 aliphatic heterocycles. The van der Waals surface area contributed by atoms with E-state index in [-0.39, 0.29) is 0 Å². The third-order valence-corrected chi connectivity index (χ3v) is 4.05. The minimum Gasteiger partial charge on any atom is -0.451 e. The molecule has 2 aliphatic rings. The molecule has 4 nitrogen and oxygen atoms in total. The van der Waals surface area contributed by atoms with Gasteiger partial charge >= 0.3 is 0 Å². The van der Waals surface area contributed by atoms with E-state index >= 15 is 0 Å². The first-order valence-electron chi connectivity index (χ1n) is 6.17. The molecule has 16 heavy (non-hydrogen) atoms. The number of hydrogen-bond donors (Lipinski definition) is 1. The fraction of sp³-hybridized carbons (Fsp3) is 0.750. The molecule has 0 amide bonds. The van der Waals surface area contributed by atoms with Crippen LogP contribution in [-0.2, 0) is 6.54 Å². The molecule has 0 aromatic carbocycles. The van der Waals surface area contributed by atoms with Crippen LogP contribution in [0.25, 0.3) is 0 Å². The number of oxazole rings is 1. The van der Waals surface area contributed by atoms with Crippen molar-refractivity contribution in [3.05, 3.63) is 18.4 Å². The Hall–Kier alpha value is -0.870. The molecule has 1 N–H and O–H groups in total. The number of nitrogens with zero attached hydrogens (tertiary/aromatic N) is 2. The highest BCUT2D eigenvalue weighted by atomic mass is 16.3. The summed E-state index contributed by atoms with van der Waals surface area (Å²) in [6, 6.07) is 0. The summed E-state index contributed by atoms with van der Waals surface area (Å²) >= 11 is 0. The molecule has 0 aliphatic carbocycles. The maximum absolute atomic E-state index is 5.01. The maximum Gasteiger partial charge on any atom is 0.180 e. The number of nitrogens with one attached hydrogen (secondary N) is 1. The van der Waals surface area contributed by atoms with Crippen LogP contribution >= 0.6 is 0 Å². The molecule has 0 saturated carbocycles. The molecule has 2 saturated heterocycles. The zero-order valence-corrected chi connectivity index (χ0v) is 9.61. The van der Waals surface area contributed by atoms with Crippen molar-refractivity contribution in [1.29, 1.82) is 0 Å². The van der Waals surface area contributed by atoms with Gasteiger partial charge < -0.3 is 9.73 Å². The molecule has 1 aromatic rings. The first-order chi connectivity index (χ1) is 7.86. The van der Waals surface area contributed by atoms with Crippen LogP contribution in [0.15, 0.2) is 17.1 Å². The minimum absolute atomic E-state index is 0.592. The van der Waals surface area contributed by atoms with E-state index < -0.39 is 0 Å². The quantitative estimate of drug-likeness (QED) is 0.816. The lowest BCUT2D eigenvalue weighted by molar-refractivity contribution is 0.193. The van der Waals surface area contributed by atoms with Gasteiger partial charge in [-0.25, -0.2) is 4.98 Å². The highest BCUT2D eigenvalue weighted by Crippen LogP contribution is 2.38. The SMILES string of the molecule is c1nc(CN2CCC3(CCNCC3)C2)co1. The van der Waals surface area contributed by atoms with Crippen molar-refractivity contribution < 1.29 is 4.42 Å². The summed E-state index contributed by atoms with van der Waals surface area (Å²) in [4.78, 5) is 6.71. The number of rotatable bonds is 2. The molecule has 0 atom stereocenters. The number of piperidine rings is 1. The van der Waals surface area contributed by atoms with E-state index in [1.54, 1.807) is 6.26 Å². The molecule has 2 fully saturated rings. The van der Waals surface area contributed by atoms with Crippen LogP contribution < -0.4 is 5.32 Å². The van der Waals surface area contributed by atoms with Gasteiger partial charge in [0.2, 0.25) is 0 Å². The number of likely N-dealkylation sites (tertiary alicyclic amines) is 1. The van der Waals surface area contributed by atoms with Crippen LogP contribution in [0.3, 0.4) is 0 Å². The van der Waals surface area contributed by atoms with Crippen LogP contribution in [-0.4, -0.2) is 36.1 Å². The molecule has 0 radical (unpaired) electrons. The van der Waals surface area contributed by atoms with Gasteiger partial charge in [-0.05, 0) is 44.3 Å². The zero-order chi connectivity index (χ0) is 10.8. The zero-order valence-electron chi connectivity index (χ0n) is 9.61. The van der Waals surface area contributed by atoms with Crippen LogP contribution in [0.4, 0.5) is 0 Å². The first-order valence-corrected chi connectivity index (χ1v) is 6.17. The Kier molecular flexibility index (Phi) is 2.69. The van der Waals surface area contributed by atoms with E-state index in [1.165, 1.54) is 51.8 Å². The van der Waals surface area contributed by atoms with Crippen molar-refractivity contribution in [2.24, 2.45) is 5.41 Å². The topological polar surface area (TPSA) is 41.3 Å². The molecule has 88 valence electrons. The van der Waals surface area contributed by atoms with Crippen molar-refractivity contribution in [3.8, 4) is 0 Å². The Morgan fingerprint density at radius 2 is 2.25 bits per heavy atom. The Balaban J connectivity index is 1.60. The molecule has 0 unspecified atom stereocenters. The van der Waals surface area contributed by atoms with Crippen LogP contribution in [0.1, 0.15) is 25.0 Å². The molecule has 1 spiro atoms. The minimum atomic E-state index is 0.592. The number of aromatic nitrogens is 1.